The lowest BCUT2D eigenvalue weighted by molar-refractivity contribution is -0.138. The van der Waals surface area contributed by atoms with Crippen LogP contribution in [0.1, 0.15) is 35.7 Å². The number of hydrogen-bond donors (Lipinski definition) is 2. The van der Waals surface area contributed by atoms with Crippen molar-refractivity contribution in [1.29, 1.82) is 5.41 Å². The molecule has 18 heavy (non-hydrogen) atoms. The quantitative estimate of drug-likeness (QED) is 0.647. The summed E-state index contributed by atoms with van der Waals surface area (Å²) < 4.78 is 37.9. The number of carbonyl (C=O) groups is 1. The van der Waals surface area contributed by atoms with Crippen LogP contribution in [0.2, 0.25) is 0 Å². The highest BCUT2D eigenvalue weighted by Crippen LogP contribution is 2.31. The molecule has 98 valence electrons. The van der Waals surface area contributed by atoms with Crippen molar-refractivity contribution in [3.05, 3.63) is 29.6 Å². The van der Waals surface area contributed by atoms with Crippen LogP contribution in [0, 0.1) is 5.41 Å². The van der Waals surface area contributed by atoms with Crippen LogP contribution in [0.25, 0.3) is 0 Å². The second-order valence-corrected chi connectivity index (χ2v) is 3.60. The first-order valence-corrected chi connectivity index (χ1v) is 5.26. The van der Waals surface area contributed by atoms with Crippen LogP contribution in [0.4, 0.5) is 13.2 Å². The van der Waals surface area contributed by atoms with E-state index in [1.165, 1.54) is 0 Å². The Morgan fingerprint density at radius 1 is 1.50 bits per heavy atom. The molecule has 0 aromatic carbocycles. The summed E-state index contributed by atoms with van der Waals surface area (Å²) in [5.41, 5.74) is -1.63. The van der Waals surface area contributed by atoms with Gasteiger partial charge in [0, 0.05) is 18.8 Å². The number of amides is 1. The second-order valence-electron chi connectivity index (χ2n) is 3.60. The Morgan fingerprint density at radius 3 is 2.72 bits per heavy atom. The van der Waals surface area contributed by atoms with E-state index in [1.54, 1.807) is 6.92 Å². The maximum Gasteiger partial charge on any atom is 0.417 e. The van der Waals surface area contributed by atoms with Gasteiger partial charge in [-0.25, -0.2) is 0 Å². The van der Waals surface area contributed by atoms with Gasteiger partial charge >= 0.3 is 6.18 Å². The van der Waals surface area contributed by atoms with Crippen LogP contribution in [0.5, 0.6) is 0 Å². The maximum absolute atomic E-state index is 12.6. The third-order valence-electron chi connectivity index (χ3n) is 2.14. The minimum absolute atomic E-state index is 0.112. The van der Waals surface area contributed by atoms with Crippen molar-refractivity contribution in [2.75, 3.05) is 0 Å². The SMILES string of the molecule is CCCC(=N)NC(=O)c1cnccc1C(F)(F)F. The van der Waals surface area contributed by atoms with Crippen LogP contribution in [0.3, 0.4) is 0 Å². The molecule has 1 aromatic heterocycles. The van der Waals surface area contributed by atoms with Gasteiger partial charge in [-0.2, -0.15) is 13.2 Å². The van der Waals surface area contributed by atoms with Crippen LogP contribution >= 0.6 is 0 Å². The average molecular weight is 259 g/mol. The highest BCUT2D eigenvalue weighted by atomic mass is 19.4. The average Bonchev–Trinajstić information content (AvgIpc) is 2.28. The number of nitrogens with zero attached hydrogens (tertiary/aromatic N) is 1. The monoisotopic (exact) mass is 259 g/mol. The first kappa shape index (κ1) is 14.1. The van der Waals surface area contributed by atoms with Gasteiger partial charge < -0.3 is 5.32 Å². The molecule has 0 aliphatic heterocycles. The van der Waals surface area contributed by atoms with Gasteiger partial charge in [-0.1, -0.05) is 6.92 Å². The molecule has 1 rings (SSSR count). The van der Waals surface area contributed by atoms with Gasteiger partial charge in [-0.3, -0.25) is 15.2 Å². The molecule has 0 fully saturated rings. The number of pyridine rings is 1. The summed E-state index contributed by atoms with van der Waals surface area (Å²) in [7, 11) is 0. The van der Waals surface area contributed by atoms with E-state index in [2.05, 4.69) is 10.3 Å². The normalized spacial score (nSPS) is 11.1. The topological polar surface area (TPSA) is 65.8 Å². The molecular weight excluding hydrogens is 247 g/mol. The Balaban J connectivity index is 2.96. The van der Waals surface area contributed by atoms with Gasteiger partial charge in [0.2, 0.25) is 0 Å². The third kappa shape index (κ3) is 3.54. The van der Waals surface area contributed by atoms with E-state index in [4.69, 9.17) is 5.41 Å². The van der Waals surface area contributed by atoms with Crippen molar-refractivity contribution in [1.82, 2.24) is 10.3 Å². The number of hydrogen-bond acceptors (Lipinski definition) is 3. The summed E-state index contributed by atoms with van der Waals surface area (Å²) in [5.74, 6) is -1.08. The Kier molecular flexibility index (Phi) is 4.41. The van der Waals surface area contributed by atoms with Gasteiger partial charge in [0.25, 0.3) is 5.91 Å². The fraction of sp³-hybridized carbons (Fsp3) is 0.364. The summed E-state index contributed by atoms with van der Waals surface area (Å²) in [4.78, 5) is 15.1. The minimum atomic E-state index is -4.62. The summed E-state index contributed by atoms with van der Waals surface area (Å²) in [6, 6.07) is 0.734. The molecule has 1 amide bonds. The zero-order valence-electron chi connectivity index (χ0n) is 9.64. The van der Waals surface area contributed by atoms with Gasteiger partial charge in [0.1, 0.15) is 0 Å². The molecule has 0 aliphatic rings. The van der Waals surface area contributed by atoms with Gasteiger partial charge in [-0.05, 0) is 12.5 Å². The lowest BCUT2D eigenvalue weighted by Crippen LogP contribution is -2.31. The number of halogens is 3. The standard InChI is InChI=1S/C11H12F3N3O/c1-2-3-9(15)17-10(18)7-6-16-5-4-8(7)11(12,13)14/h4-6H,2-3H2,1H3,(H2,15,17,18). The third-order valence-corrected chi connectivity index (χ3v) is 2.14. The number of carbonyl (C=O) groups excluding carboxylic acids is 1. The Hall–Kier alpha value is -1.92. The second kappa shape index (κ2) is 5.61. The van der Waals surface area contributed by atoms with Crippen molar-refractivity contribution < 1.29 is 18.0 Å². The first-order valence-electron chi connectivity index (χ1n) is 5.26. The molecular formula is C11H12F3N3O. The molecule has 0 radical (unpaired) electrons. The van der Waals surface area contributed by atoms with E-state index in [9.17, 15) is 18.0 Å². The number of rotatable bonds is 3. The fourth-order valence-electron chi connectivity index (χ4n) is 1.34. The molecule has 1 aromatic rings. The van der Waals surface area contributed by atoms with E-state index in [-0.39, 0.29) is 5.84 Å². The van der Waals surface area contributed by atoms with E-state index in [0.29, 0.717) is 12.8 Å². The van der Waals surface area contributed by atoms with Gasteiger partial charge in [0.05, 0.1) is 17.0 Å². The summed E-state index contributed by atoms with van der Waals surface area (Å²) in [6.45, 7) is 1.80. The van der Waals surface area contributed by atoms with E-state index >= 15 is 0 Å². The van der Waals surface area contributed by atoms with E-state index in [0.717, 1.165) is 18.5 Å². The number of aromatic nitrogens is 1. The molecule has 0 spiro atoms. The largest absolute Gasteiger partial charge is 0.417 e. The smallest absolute Gasteiger partial charge is 0.311 e. The van der Waals surface area contributed by atoms with Crippen molar-refractivity contribution in [2.45, 2.75) is 25.9 Å². The van der Waals surface area contributed by atoms with Crippen molar-refractivity contribution in [3.8, 4) is 0 Å². The highest BCUT2D eigenvalue weighted by Gasteiger charge is 2.35. The molecule has 2 N–H and O–H groups in total. The van der Waals surface area contributed by atoms with Crippen LogP contribution in [-0.2, 0) is 6.18 Å². The summed E-state index contributed by atoms with van der Waals surface area (Å²) in [6.07, 6.45) is -1.89. The molecule has 0 unspecified atom stereocenters. The molecule has 7 heteroatoms. The Morgan fingerprint density at radius 2 is 2.17 bits per heavy atom. The van der Waals surface area contributed by atoms with Gasteiger partial charge in [0.15, 0.2) is 0 Å². The van der Waals surface area contributed by atoms with Gasteiger partial charge in [-0.15, -0.1) is 0 Å². The predicted molar refractivity (Wildman–Crippen MR) is 59.3 cm³/mol. The van der Waals surface area contributed by atoms with Crippen LogP contribution in [0.15, 0.2) is 18.5 Å². The lowest BCUT2D eigenvalue weighted by Gasteiger charge is -2.12. The molecule has 0 saturated heterocycles. The number of amidine groups is 1. The zero-order chi connectivity index (χ0) is 13.8. The molecule has 0 atom stereocenters. The maximum atomic E-state index is 12.6. The number of nitrogens with one attached hydrogen (secondary N) is 2. The zero-order valence-corrected chi connectivity index (χ0v) is 9.64. The molecule has 0 bridgehead atoms. The fourth-order valence-corrected chi connectivity index (χ4v) is 1.34. The number of alkyl halides is 3. The molecule has 0 aliphatic carbocycles. The summed E-state index contributed by atoms with van der Waals surface area (Å²) in [5, 5.41) is 9.48. The van der Waals surface area contributed by atoms with E-state index < -0.39 is 23.2 Å². The van der Waals surface area contributed by atoms with Crippen molar-refractivity contribution >= 4 is 11.7 Å². The first-order chi connectivity index (χ1) is 8.36. The molecule has 4 nitrogen and oxygen atoms in total. The highest BCUT2D eigenvalue weighted by molar-refractivity contribution is 6.06. The van der Waals surface area contributed by atoms with Crippen LogP contribution in [-0.4, -0.2) is 16.7 Å². The Labute approximate surface area is 102 Å². The van der Waals surface area contributed by atoms with Crippen molar-refractivity contribution in [2.24, 2.45) is 0 Å². The predicted octanol–water partition coefficient (Wildman–Crippen LogP) is 2.61. The Bertz CT molecular complexity index is 457. The molecule has 1 heterocycles. The molecule has 0 saturated carbocycles. The minimum Gasteiger partial charge on any atom is -0.311 e. The van der Waals surface area contributed by atoms with Crippen molar-refractivity contribution in [3.63, 3.8) is 0 Å². The lowest BCUT2D eigenvalue weighted by atomic mass is 10.1. The van der Waals surface area contributed by atoms with E-state index in [1.807, 2.05) is 0 Å². The summed E-state index contributed by atoms with van der Waals surface area (Å²) >= 11 is 0. The van der Waals surface area contributed by atoms with Crippen LogP contribution < -0.4 is 5.32 Å².